The number of carboxylic acids is 1. The van der Waals surface area contributed by atoms with Crippen LogP contribution in [0.2, 0.25) is 0 Å². The van der Waals surface area contributed by atoms with E-state index in [1.807, 2.05) is 21.1 Å². The predicted octanol–water partition coefficient (Wildman–Crippen LogP) is 23.5. The molecule has 0 bridgehead atoms. The highest BCUT2D eigenvalue weighted by atomic mass is 16.7. The van der Waals surface area contributed by atoms with Crippen LogP contribution in [0.4, 0.5) is 0 Å². The molecule has 0 radical (unpaired) electrons. The van der Waals surface area contributed by atoms with Gasteiger partial charge in [0.05, 0.1) is 40.3 Å². The smallest absolute Gasteiger partial charge is 0.306 e. The molecule has 0 aromatic rings. The number of allylic oxidation sites excluding steroid dienone is 26. The molecular formula is C86H143NO8. The molecule has 540 valence electrons. The van der Waals surface area contributed by atoms with E-state index in [1.54, 1.807) is 0 Å². The average molecular weight is 1320 g/mol. The van der Waals surface area contributed by atoms with Crippen molar-refractivity contribution < 1.29 is 42.9 Å². The Morgan fingerprint density at radius 1 is 0.316 bits per heavy atom. The van der Waals surface area contributed by atoms with Gasteiger partial charge in [0.15, 0.2) is 12.4 Å². The Balaban J connectivity index is 4.05. The summed E-state index contributed by atoms with van der Waals surface area (Å²) < 4.78 is 22.8. The van der Waals surface area contributed by atoms with E-state index in [1.165, 1.54) is 148 Å². The van der Waals surface area contributed by atoms with Gasteiger partial charge in [-0.2, -0.15) is 0 Å². The van der Waals surface area contributed by atoms with E-state index in [4.69, 9.17) is 18.9 Å². The molecule has 0 N–H and O–H groups in total. The van der Waals surface area contributed by atoms with Crippen LogP contribution in [0.15, 0.2) is 158 Å². The first-order chi connectivity index (χ1) is 46.6. The monoisotopic (exact) mass is 1320 g/mol. The molecule has 0 saturated carbocycles. The zero-order valence-electron chi connectivity index (χ0n) is 61.7. The minimum atomic E-state index is -1.63. The number of likely N-dealkylation sites (N-methyl/N-ethyl adjacent to an activating group) is 1. The largest absolute Gasteiger partial charge is 0.545 e. The van der Waals surface area contributed by atoms with E-state index < -0.39 is 24.3 Å². The Hall–Kier alpha value is -5.09. The maximum absolute atomic E-state index is 13.0. The molecule has 0 spiro atoms. The van der Waals surface area contributed by atoms with Crippen LogP contribution in [0.25, 0.3) is 0 Å². The van der Waals surface area contributed by atoms with E-state index in [0.717, 1.165) is 128 Å². The number of nitrogens with zero attached hydrogens (tertiary/aromatic N) is 1. The summed E-state index contributed by atoms with van der Waals surface area (Å²) in [5.74, 6) is -2.30. The molecule has 0 fully saturated rings. The molecule has 0 heterocycles. The van der Waals surface area contributed by atoms with Crippen LogP contribution in [-0.4, -0.2) is 82.3 Å². The minimum Gasteiger partial charge on any atom is -0.545 e. The Kier molecular flexibility index (Phi) is 70.7. The fraction of sp³-hybridized carbons (Fsp3) is 0.663. The number of quaternary nitrogens is 1. The standard InChI is InChI=1S/C86H143NO8/c1-6-8-10-12-14-16-18-20-22-24-26-28-30-32-34-36-37-38-39-40-41-42-43-44-45-46-47-49-50-52-54-56-58-60-62-64-66-68-70-72-74-76-83(88)93-80-82(81-94-86(85(90)91)92-79-78-87(3,4)5)95-84(89)77-75-73-71-69-67-65-63-61-59-57-55-53-51-48-35-33-31-29-27-25-23-21-19-17-15-13-11-9-7-2/h8-11,14-17,20-23,26-29,32-35,37-38,51,53,57,59,82,86H,6-7,12-13,18-19,24-25,30-31,36,39-50,52,54-56,58,60-81H2,1-5H3/b10-8-,11-9-,16-14-,17-15-,22-20-,23-21-,28-26-,29-27-,34-32-,35-33-,38-37-,53-51-,59-57-. The first-order valence-electron chi connectivity index (χ1n) is 38.6. The van der Waals surface area contributed by atoms with Crippen LogP contribution in [-0.2, 0) is 33.3 Å². The lowest BCUT2D eigenvalue weighted by molar-refractivity contribution is -0.870. The molecule has 95 heavy (non-hydrogen) atoms. The summed E-state index contributed by atoms with van der Waals surface area (Å²) in [6, 6.07) is 0. The molecule has 0 saturated heterocycles. The molecule has 0 aliphatic heterocycles. The van der Waals surface area contributed by atoms with E-state index in [2.05, 4.69) is 172 Å². The second-order valence-electron chi connectivity index (χ2n) is 26.5. The van der Waals surface area contributed by atoms with Gasteiger partial charge < -0.3 is 33.3 Å². The lowest BCUT2D eigenvalue weighted by atomic mass is 10.0. The Morgan fingerprint density at radius 3 is 0.842 bits per heavy atom. The third-order valence-corrected chi connectivity index (χ3v) is 16.3. The number of rotatable bonds is 70. The first-order valence-corrected chi connectivity index (χ1v) is 38.6. The number of hydrogen-bond donors (Lipinski definition) is 0. The molecule has 2 unspecified atom stereocenters. The van der Waals surface area contributed by atoms with Gasteiger partial charge in [0, 0.05) is 12.8 Å². The van der Waals surface area contributed by atoms with Crippen molar-refractivity contribution in [1.29, 1.82) is 0 Å². The van der Waals surface area contributed by atoms with Crippen LogP contribution < -0.4 is 5.11 Å². The van der Waals surface area contributed by atoms with E-state index in [-0.39, 0.29) is 38.6 Å². The molecule has 0 aromatic carbocycles. The van der Waals surface area contributed by atoms with Gasteiger partial charge >= 0.3 is 11.9 Å². The fourth-order valence-electron chi connectivity index (χ4n) is 10.5. The van der Waals surface area contributed by atoms with Crippen molar-refractivity contribution in [3.63, 3.8) is 0 Å². The predicted molar refractivity (Wildman–Crippen MR) is 407 cm³/mol. The Labute approximate surface area is 584 Å². The minimum absolute atomic E-state index is 0.139. The summed E-state index contributed by atoms with van der Waals surface area (Å²) in [5, 5.41) is 11.9. The van der Waals surface area contributed by atoms with Crippen molar-refractivity contribution >= 4 is 17.9 Å². The number of aliphatic carboxylic acids is 1. The fourth-order valence-corrected chi connectivity index (χ4v) is 10.5. The number of hydrogen-bond acceptors (Lipinski definition) is 8. The zero-order valence-corrected chi connectivity index (χ0v) is 61.7. The molecule has 0 amide bonds. The van der Waals surface area contributed by atoms with Gasteiger partial charge in [0.1, 0.15) is 13.2 Å². The third-order valence-electron chi connectivity index (χ3n) is 16.3. The lowest BCUT2D eigenvalue weighted by Crippen LogP contribution is -2.44. The first kappa shape index (κ1) is 89.9. The van der Waals surface area contributed by atoms with Gasteiger partial charge in [-0.25, -0.2) is 0 Å². The topological polar surface area (TPSA) is 111 Å². The Morgan fingerprint density at radius 2 is 0.568 bits per heavy atom. The summed E-state index contributed by atoms with van der Waals surface area (Å²) in [5.41, 5.74) is 0. The maximum atomic E-state index is 13.0. The summed E-state index contributed by atoms with van der Waals surface area (Å²) in [6.45, 7) is 4.52. The number of unbranched alkanes of at least 4 members (excludes halogenated alkanes) is 29. The van der Waals surface area contributed by atoms with Gasteiger partial charge in [-0.3, -0.25) is 9.59 Å². The van der Waals surface area contributed by atoms with Crippen molar-refractivity contribution in [2.45, 2.75) is 322 Å². The molecule has 0 aliphatic rings. The summed E-state index contributed by atoms with van der Waals surface area (Å²) in [4.78, 5) is 37.6. The highest BCUT2D eigenvalue weighted by molar-refractivity contribution is 5.70. The van der Waals surface area contributed by atoms with Crippen LogP contribution in [0.1, 0.15) is 309 Å². The molecule has 9 nitrogen and oxygen atoms in total. The van der Waals surface area contributed by atoms with E-state index in [0.29, 0.717) is 17.4 Å². The van der Waals surface area contributed by atoms with E-state index in [9.17, 15) is 19.5 Å². The second-order valence-corrected chi connectivity index (χ2v) is 26.5. The van der Waals surface area contributed by atoms with Gasteiger partial charge in [0.25, 0.3) is 0 Å². The van der Waals surface area contributed by atoms with Crippen LogP contribution in [0.5, 0.6) is 0 Å². The molecule has 2 atom stereocenters. The van der Waals surface area contributed by atoms with Gasteiger partial charge in [-0.15, -0.1) is 0 Å². The van der Waals surface area contributed by atoms with Crippen molar-refractivity contribution in [1.82, 2.24) is 0 Å². The number of carbonyl (C=O) groups is 3. The van der Waals surface area contributed by atoms with Crippen molar-refractivity contribution in [2.24, 2.45) is 0 Å². The zero-order chi connectivity index (χ0) is 69.0. The van der Waals surface area contributed by atoms with Crippen LogP contribution in [0, 0.1) is 0 Å². The van der Waals surface area contributed by atoms with Crippen molar-refractivity contribution in [2.75, 3.05) is 47.5 Å². The number of esters is 2. The summed E-state index contributed by atoms with van der Waals surface area (Å²) in [6.07, 6.45) is 108. The molecule has 0 rings (SSSR count). The van der Waals surface area contributed by atoms with Gasteiger partial charge in [0.2, 0.25) is 0 Å². The lowest BCUT2D eigenvalue weighted by Gasteiger charge is -2.26. The van der Waals surface area contributed by atoms with Crippen molar-refractivity contribution in [3.8, 4) is 0 Å². The number of ether oxygens (including phenoxy) is 4. The molecule has 0 aromatic heterocycles. The highest BCUT2D eigenvalue weighted by Crippen LogP contribution is 2.18. The quantitative estimate of drug-likeness (QED) is 0.0195. The normalized spacial score (nSPS) is 13.6. The van der Waals surface area contributed by atoms with Gasteiger partial charge in [-0.1, -0.05) is 332 Å². The second kappa shape index (κ2) is 74.7. The summed E-state index contributed by atoms with van der Waals surface area (Å²) >= 11 is 0. The summed E-state index contributed by atoms with van der Waals surface area (Å²) in [7, 11) is 5.93. The Bertz CT molecular complexity index is 2130. The molecule has 9 heteroatoms. The molecular weight excluding hydrogens is 1170 g/mol. The maximum Gasteiger partial charge on any atom is 0.306 e. The van der Waals surface area contributed by atoms with Crippen molar-refractivity contribution in [3.05, 3.63) is 158 Å². The molecule has 0 aliphatic carbocycles. The van der Waals surface area contributed by atoms with E-state index >= 15 is 0 Å². The van der Waals surface area contributed by atoms with Gasteiger partial charge in [-0.05, 0) is 122 Å². The highest BCUT2D eigenvalue weighted by Gasteiger charge is 2.22. The van der Waals surface area contributed by atoms with Crippen LogP contribution in [0.3, 0.4) is 0 Å². The SMILES string of the molecule is CC/C=C\C/C=C\C/C=C\C/C=C\C/C=C\C/C=C\C/C=C\CCCCCCCCCC(=O)OC(COC(=O)CCCCCCCCCCCCCCCCCCCCCCCC/C=C\C/C=C\C/C=C\C/C=C\C/C=C\C/C=C\CC)COC(OCC[N+](C)(C)C)C(=O)[O-]. The number of carbonyl (C=O) groups excluding carboxylic acids is 3. The number of carboxylic acid groups (broad SMARTS) is 1. The third kappa shape index (κ3) is 76.1. The average Bonchev–Trinajstić information content (AvgIpc) is 2.86. The van der Waals surface area contributed by atoms with Crippen LogP contribution >= 0.6 is 0 Å².